The fourth-order valence-corrected chi connectivity index (χ4v) is 4.54. The molecule has 0 spiro atoms. The molecule has 1 amide bonds. The van der Waals surface area contributed by atoms with Gasteiger partial charge in [0.25, 0.3) is 5.91 Å². The number of aromatic nitrogens is 1. The van der Waals surface area contributed by atoms with Crippen molar-refractivity contribution < 1.29 is 9.69 Å². The summed E-state index contributed by atoms with van der Waals surface area (Å²) in [6, 6.07) is 16.2. The number of hydrogen-bond acceptors (Lipinski definition) is 4. The Morgan fingerprint density at radius 3 is 2.48 bits per heavy atom. The third-order valence-electron chi connectivity index (χ3n) is 5.13. The molecule has 0 unspecified atom stereocenters. The minimum atomic E-state index is 0.138. The van der Waals surface area contributed by atoms with E-state index in [9.17, 15) is 4.79 Å². The van der Waals surface area contributed by atoms with Gasteiger partial charge in [-0.25, -0.2) is 4.98 Å². The topological polar surface area (TPSA) is 40.9 Å². The quantitative estimate of drug-likeness (QED) is 0.751. The van der Waals surface area contributed by atoms with Crippen LogP contribution in [0, 0.1) is 0 Å². The third-order valence-corrected chi connectivity index (χ3v) is 6.16. The first kappa shape index (κ1) is 17.9. The van der Waals surface area contributed by atoms with Crippen molar-refractivity contribution in [3.63, 3.8) is 0 Å². The number of quaternary nitrogens is 1. The molecule has 2 heterocycles. The van der Waals surface area contributed by atoms with Gasteiger partial charge in [-0.3, -0.25) is 4.79 Å². The zero-order valence-corrected chi connectivity index (χ0v) is 16.6. The molecule has 4 rings (SSSR count). The van der Waals surface area contributed by atoms with Crippen LogP contribution in [-0.2, 0) is 6.54 Å². The third kappa shape index (κ3) is 3.96. The average Bonchev–Trinajstić information content (AvgIpc) is 3.10. The van der Waals surface area contributed by atoms with Crippen molar-refractivity contribution in [3.8, 4) is 0 Å². The van der Waals surface area contributed by atoms with Crippen molar-refractivity contribution in [1.29, 1.82) is 0 Å². The lowest BCUT2D eigenvalue weighted by molar-refractivity contribution is -0.917. The van der Waals surface area contributed by atoms with E-state index in [1.807, 2.05) is 54.2 Å². The second kappa shape index (κ2) is 7.66. The summed E-state index contributed by atoms with van der Waals surface area (Å²) in [6.07, 6.45) is 0. The Labute approximate surface area is 163 Å². The summed E-state index contributed by atoms with van der Waals surface area (Å²) >= 11 is 1.78. The molecule has 0 radical (unpaired) electrons. The number of nitrogens with zero attached hydrogens (tertiary/aromatic N) is 3. The molecule has 27 heavy (non-hydrogen) atoms. The Balaban J connectivity index is 1.34. The number of hydrogen-bond donors (Lipinski definition) is 1. The monoisotopic (exact) mass is 381 g/mol. The Kier molecular flexibility index (Phi) is 5.09. The molecule has 140 valence electrons. The van der Waals surface area contributed by atoms with Crippen LogP contribution in [0.25, 0.3) is 10.2 Å². The maximum absolute atomic E-state index is 12.8. The maximum Gasteiger partial charge on any atom is 0.254 e. The lowest BCUT2D eigenvalue weighted by Gasteiger charge is -2.32. The molecule has 1 aliphatic heterocycles. The van der Waals surface area contributed by atoms with Crippen molar-refractivity contribution in [1.82, 2.24) is 9.88 Å². The highest BCUT2D eigenvalue weighted by atomic mass is 32.1. The van der Waals surface area contributed by atoms with Crippen LogP contribution < -0.4 is 9.80 Å². The molecule has 5 nitrogen and oxygen atoms in total. The molecule has 0 bridgehead atoms. The predicted molar refractivity (Wildman–Crippen MR) is 111 cm³/mol. The maximum atomic E-state index is 12.8. The number of nitrogens with one attached hydrogen (secondary N) is 1. The van der Waals surface area contributed by atoms with E-state index in [2.05, 4.69) is 18.2 Å². The van der Waals surface area contributed by atoms with Gasteiger partial charge in [0, 0.05) is 25.3 Å². The summed E-state index contributed by atoms with van der Waals surface area (Å²) in [4.78, 5) is 23.0. The minimum absolute atomic E-state index is 0.138. The normalized spacial score (nSPS) is 15.3. The first-order chi connectivity index (χ1) is 13.1. The number of piperazine rings is 1. The number of fused-ring (bicyclic) bond motifs is 1. The van der Waals surface area contributed by atoms with Crippen molar-refractivity contribution in [3.05, 3.63) is 59.1 Å². The summed E-state index contributed by atoms with van der Waals surface area (Å²) in [6.45, 7) is 4.48. The molecule has 0 saturated carbocycles. The van der Waals surface area contributed by atoms with Gasteiger partial charge in [0.15, 0.2) is 0 Å². The SMILES string of the molecule is CN(C)c1ccc(C(=O)N2CC[NH+](Cc3nc4ccccc4s3)CC2)cc1. The lowest BCUT2D eigenvalue weighted by atomic mass is 10.1. The second-order valence-corrected chi connectivity index (χ2v) is 8.35. The standard InChI is InChI=1S/C21H24N4OS/c1-23(2)17-9-7-16(8-10-17)21(26)25-13-11-24(12-14-25)15-20-22-18-5-3-4-6-19(18)27-20/h3-10H,11-15H2,1-2H3/p+1. The molecule has 1 fully saturated rings. The predicted octanol–water partition coefficient (Wildman–Crippen LogP) is 1.90. The van der Waals surface area contributed by atoms with Gasteiger partial charge in [-0.1, -0.05) is 12.1 Å². The Hall–Kier alpha value is -2.44. The number of para-hydroxylation sites is 1. The van der Waals surface area contributed by atoms with Crippen molar-refractivity contribution in [2.75, 3.05) is 45.2 Å². The van der Waals surface area contributed by atoms with Gasteiger partial charge in [0.1, 0.15) is 11.6 Å². The number of carbonyl (C=O) groups excluding carboxylic acids is 1. The van der Waals surface area contributed by atoms with E-state index in [0.717, 1.165) is 49.5 Å². The van der Waals surface area contributed by atoms with Gasteiger partial charge in [-0.15, -0.1) is 11.3 Å². The minimum Gasteiger partial charge on any atom is -0.378 e. The highest BCUT2D eigenvalue weighted by Gasteiger charge is 2.25. The molecular weight excluding hydrogens is 356 g/mol. The Morgan fingerprint density at radius 1 is 1.11 bits per heavy atom. The van der Waals surface area contributed by atoms with E-state index >= 15 is 0 Å². The fraction of sp³-hybridized carbons (Fsp3) is 0.333. The molecule has 1 saturated heterocycles. The van der Waals surface area contributed by atoms with Gasteiger partial charge < -0.3 is 14.7 Å². The van der Waals surface area contributed by atoms with E-state index in [0.29, 0.717) is 0 Å². The van der Waals surface area contributed by atoms with Crippen LogP contribution in [-0.4, -0.2) is 56.1 Å². The summed E-state index contributed by atoms with van der Waals surface area (Å²) in [5.41, 5.74) is 2.97. The van der Waals surface area contributed by atoms with E-state index in [1.54, 1.807) is 11.3 Å². The van der Waals surface area contributed by atoms with Gasteiger partial charge in [-0.05, 0) is 36.4 Å². The van der Waals surface area contributed by atoms with Crippen molar-refractivity contribution >= 4 is 33.1 Å². The molecule has 0 atom stereocenters. The van der Waals surface area contributed by atoms with Crippen LogP contribution in [0.15, 0.2) is 48.5 Å². The zero-order valence-electron chi connectivity index (χ0n) is 15.8. The molecule has 1 aromatic heterocycles. The van der Waals surface area contributed by atoms with Crippen LogP contribution in [0.1, 0.15) is 15.4 Å². The summed E-state index contributed by atoms with van der Waals surface area (Å²) in [5, 5.41) is 1.19. The van der Waals surface area contributed by atoms with Crippen LogP contribution in [0.4, 0.5) is 5.69 Å². The number of rotatable bonds is 4. The van der Waals surface area contributed by atoms with E-state index in [4.69, 9.17) is 4.98 Å². The van der Waals surface area contributed by atoms with Gasteiger partial charge >= 0.3 is 0 Å². The highest BCUT2D eigenvalue weighted by Crippen LogP contribution is 2.21. The van der Waals surface area contributed by atoms with Gasteiger partial charge in [-0.2, -0.15) is 0 Å². The number of benzene rings is 2. The summed E-state index contributed by atoms with van der Waals surface area (Å²) in [5.74, 6) is 0.138. The van der Waals surface area contributed by atoms with Gasteiger partial charge in [0.2, 0.25) is 0 Å². The average molecular weight is 382 g/mol. The number of thiazole rings is 1. The Morgan fingerprint density at radius 2 is 1.81 bits per heavy atom. The first-order valence-electron chi connectivity index (χ1n) is 9.35. The molecular formula is C21H25N4OS+. The van der Waals surface area contributed by atoms with Crippen LogP contribution >= 0.6 is 11.3 Å². The van der Waals surface area contributed by atoms with Crippen molar-refractivity contribution in [2.24, 2.45) is 0 Å². The molecule has 1 aliphatic rings. The zero-order chi connectivity index (χ0) is 18.8. The van der Waals surface area contributed by atoms with Crippen LogP contribution in [0.2, 0.25) is 0 Å². The Bertz CT molecular complexity index is 894. The molecule has 0 aliphatic carbocycles. The number of carbonyl (C=O) groups is 1. The smallest absolute Gasteiger partial charge is 0.254 e. The lowest BCUT2D eigenvalue weighted by Crippen LogP contribution is -3.13. The largest absolute Gasteiger partial charge is 0.378 e. The summed E-state index contributed by atoms with van der Waals surface area (Å²) in [7, 11) is 4.01. The van der Waals surface area contributed by atoms with E-state index in [-0.39, 0.29) is 5.91 Å². The molecule has 6 heteroatoms. The van der Waals surface area contributed by atoms with Crippen LogP contribution in [0.3, 0.4) is 0 Å². The van der Waals surface area contributed by atoms with Gasteiger partial charge in [0.05, 0.1) is 36.4 Å². The first-order valence-corrected chi connectivity index (χ1v) is 10.2. The summed E-state index contributed by atoms with van der Waals surface area (Å²) < 4.78 is 1.25. The van der Waals surface area contributed by atoms with E-state index in [1.165, 1.54) is 14.6 Å². The fourth-order valence-electron chi connectivity index (χ4n) is 3.50. The molecule has 1 N–H and O–H groups in total. The number of amides is 1. The van der Waals surface area contributed by atoms with E-state index < -0.39 is 0 Å². The van der Waals surface area contributed by atoms with Crippen molar-refractivity contribution in [2.45, 2.75) is 6.54 Å². The second-order valence-electron chi connectivity index (χ2n) is 7.24. The van der Waals surface area contributed by atoms with Crippen LogP contribution in [0.5, 0.6) is 0 Å². The highest BCUT2D eigenvalue weighted by molar-refractivity contribution is 7.18. The molecule has 2 aromatic carbocycles. The molecule has 3 aromatic rings. The number of anilines is 1.